The van der Waals surface area contributed by atoms with Crippen LogP contribution in [-0.2, 0) is 11.3 Å². The molecule has 22 heavy (non-hydrogen) atoms. The summed E-state index contributed by atoms with van der Waals surface area (Å²) in [7, 11) is 0. The van der Waals surface area contributed by atoms with E-state index in [0.29, 0.717) is 5.75 Å². The number of aryl methyl sites for hydroxylation is 2. The minimum Gasteiger partial charge on any atom is -0.349 e. The van der Waals surface area contributed by atoms with E-state index in [1.807, 2.05) is 43.7 Å². The summed E-state index contributed by atoms with van der Waals surface area (Å²) in [6.07, 6.45) is 1.73. The molecule has 1 amide bonds. The summed E-state index contributed by atoms with van der Waals surface area (Å²) in [5, 5.41) is 8.40. The normalized spacial score (nSPS) is 12.2. The Morgan fingerprint density at radius 3 is 2.77 bits per heavy atom. The molecule has 2 rings (SSSR count). The monoisotopic (exact) mass is 318 g/mol. The lowest BCUT2D eigenvalue weighted by Crippen LogP contribution is -2.28. The van der Waals surface area contributed by atoms with Crippen LogP contribution in [0.15, 0.2) is 29.4 Å². The highest BCUT2D eigenvalue weighted by Gasteiger charge is 2.18. The van der Waals surface area contributed by atoms with Crippen LogP contribution in [0.2, 0.25) is 0 Å². The van der Waals surface area contributed by atoms with Crippen LogP contribution < -0.4 is 5.32 Å². The quantitative estimate of drug-likeness (QED) is 0.832. The molecule has 0 spiro atoms. The van der Waals surface area contributed by atoms with Gasteiger partial charge in [-0.2, -0.15) is 5.10 Å². The van der Waals surface area contributed by atoms with Crippen molar-refractivity contribution in [3.63, 3.8) is 0 Å². The minimum absolute atomic E-state index is 0.00574. The second-order valence-corrected chi connectivity index (χ2v) is 6.14. The molecule has 0 aliphatic rings. The lowest BCUT2D eigenvalue weighted by molar-refractivity contribution is -0.119. The molecule has 0 saturated heterocycles. The van der Waals surface area contributed by atoms with E-state index in [9.17, 15) is 4.79 Å². The summed E-state index contributed by atoms with van der Waals surface area (Å²) >= 11 is 1.44. The predicted molar refractivity (Wildman–Crippen MR) is 88.9 cm³/mol. The zero-order valence-electron chi connectivity index (χ0n) is 13.5. The maximum absolute atomic E-state index is 12.1. The highest BCUT2D eigenvalue weighted by molar-refractivity contribution is 7.99. The number of hydrogen-bond donors (Lipinski definition) is 1. The average Bonchev–Trinajstić information content (AvgIpc) is 2.80. The van der Waals surface area contributed by atoms with Gasteiger partial charge in [0.2, 0.25) is 5.91 Å². The average molecular weight is 318 g/mol. The molecule has 1 unspecified atom stereocenters. The summed E-state index contributed by atoms with van der Waals surface area (Å²) in [5.41, 5.74) is 3.20. The third kappa shape index (κ3) is 3.88. The third-order valence-corrected chi connectivity index (χ3v) is 4.48. The Morgan fingerprint density at radius 2 is 2.18 bits per heavy atom. The van der Waals surface area contributed by atoms with Gasteiger partial charge in [-0.3, -0.25) is 9.48 Å². The maximum atomic E-state index is 12.1. The van der Waals surface area contributed by atoms with Crippen molar-refractivity contribution >= 4 is 17.7 Å². The summed E-state index contributed by atoms with van der Waals surface area (Å²) in [5.74, 6) is 0.368. The Kier molecular flexibility index (Phi) is 5.60. The van der Waals surface area contributed by atoms with Crippen molar-refractivity contribution in [1.82, 2.24) is 20.1 Å². The molecular weight excluding hydrogens is 296 g/mol. The Labute approximate surface area is 135 Å². The van der Waals surface area contributed by atoms with E-state index >= 15 is 0 Å². The van der Waals surface area contributed by atoms with Gasteiger partial charge in [0.1, 0.15) is 0 Å². The predicted octanol–water partition coefficient (Wildman–Crippen LogP) is 2.88. The second-order valence-electron chi connectivity index (χ2n) is 5.15. The van der Waals surface area contributed by atoms with Crippen molar-refractivity contribution in [2.45, 2.75) is 45.3 Å². The van der Waals surface area contributed by atoms with Gasteiger partial charge in [0.05, 0.1) is 22.5 Å². The van der Waals surface area contributed by atoms with Crippen molar-refractivity contribution in [1.29, 1.82) is 0 Å². The molecule has 2 aromatic heterocycles. The number of nitrogens with one attached hydrogen (secondary N) is 1. The molecule has 0 fully saturated rings. The first-order valence-electron chi connectivity index (χ1n) is 7.40. The van der Waals surface area contributed by atoms with Crippen molar-refractivity contribution in [2.75, 3.05) is 5.75 Å². The van der Waals surface area contributed by atoms with E-state index in [1.54, 1.807) is 6.20 Å². The van der Waals surface area contributed by atoms with Gasteiger partial charge in [0, 0.05) is 24.0 Å². The number of thioether (sulfide) groups is 1. The van der Waals surface area contributed by atoms with Gasteiger partial charge in [-0.1, -0.05) is 17.8 Å². The lowest BCUT2D eigenvalue weighted by atomic mass is 10.1. The number of carbonyl (C=O) groups excluding carboxylic acids is 1. The first-order valence-corrected chi connectivity index (χ1v) is 8.38. The van der Waals surface area contributed by atoms with Crippen LogP contribution in [-0.4, -0.2) is 26.4 Å². The van der Waals surface area contributed by atoms with Gasteiger partial charge >= 0.3 is 0 Å². The van der Waals surface area contributed by atoms with Crippen LogP contribution in [0.5, 0.6) is 0 Å². The summed E-state index contributed by atoms with van der Waals surface area (Å²) in [4.78, 5) is 16.3. The molecule has 0 aromatic carbocycles. The highest BCUT2D eigenvalue weighted by atomic mass is 32.2. The van der Waals surface area contributed by atoms with Crippen LogP contribution in [0, 0.1) is 13.8 Å². The molecule has 118 valence electrons. The number of pyridine rings is 1. The Bertz CT molecular complexity index is 639. The third-order valence-electron chi connectivity index (χ3n) is 3.54. The van der Waals surface area contributed by atoms with Crippen LogP contribution in [0.4, 0.5) is 0 Å². The van der Waals surface area contributed by atoms with Crippen LogP contribution in [0.3, 0.4) is 0 Å². The topological polar surface area (TPSA) is 59.8 Å². The zero-order chi connectivity index (χ0) is 16.1. The number of aromatic nitrogens is 3. The van der Waals surface area contributed by atoms with Gasteiger partial charge in [-0.15, -0.1) is 0 Å². The summed E-state index contributed by atoms with van der Waals surface area (Å²) < 4.78 is 1.97. The fourth-order valence-corrected chi connectivity index (χ4v) is 3.25. The van der Waals surface area contributed by atoms with Gasteiger partial charge in [0.25, 0.3) is 0 Å². The van der Waals surface area contributed by atoms with Gasteiger partial charge in [0.15, 0.2) is 0 Å². The molecule has 0 aliphatic carbocycles. The van der Waals surface area contributed by atoms with Crippen LogP contribution in [0.1, 0.15) is 36.8 Å². The van der Waals surface area contributed by atoms with E-state index in [1.165, 1.54) is 11.8 Å². The van der Waals surface area contributed by atoms with Crippen molar-refractivity contribution in [2.24, 2.45) is 0 Å². The fourth-order valence-electron chi connectivity index (χ4n) is 2.57. The van der Waals surface area contributed by atoms with Crippen molar-refractivity contribution in [3.8, 4) is 0 Å². The van der Waals surface area contributed by atoms with E-state index in [2.05, 4.69) is 22.3 Å². The molecule has 2 heterocycles. The van der Waals surface area contributed by atoms with E-state index in [4.69, 9.17) is 0 Å². The summed E-state index contributed by atoms with van der Waals surface area (Å²) in [6.45, 7) is 8.93. The first kappa shape index (κ1) is 16.5. The molecule has 2 aromatic rings. The molecule has 1 atom stereocenters. The standard InChI is InChI=1S/C16H22N4OS/c1-5-20-13(4)16(12(3)19-20)11(2)18-14(21)10-22-15-8-6-7-9-17-15/h6-9,11H,5,10H2,1-4H3,(H,18,21). The molecular formula is C16H22N4OS. The number of nitrogens with zero attached hydrogens (tertiary/aromatic N) is 3. The maximum Gasteiger partial charge on any atom is 0.230 e. The van der Waals surface area contributed by atoms with Crippen LogP contribution >= 0.6 is 11.8 Å². The largest absolute Gasteiger partial charge is 0.349 e. The number of amides is 1. The van der Waals surface area contributed by atoms with Gasteiger partial charge in [-0.25, -0.2) is 4.98 Å². The van der Waals surface area contributed by atoms with Crippen molar-refractivity contribution in [3.05, 3.63) is 41.3 Å². The van der Waals surface area contributed by atoms with Gasteiger partial charge < -0.3 is 5.32 Å². The van der Waals surface area contributed by atoms with Gasteiger partial charge in [-0.05, 0) is 39.8 Å². The molecule has 5 nitrogen and oxygen atoms in total. The minimum atomic E-state index is -0.0443. The molecule has 0 bridgehead atoms. The zero-order valence-corrected chi connectivity index (χ0v) is 14.3. The molecule has 0 saturated carbocycles. The number of rotatable bonds is 6. The van der Waals surface area contributed by atoms with E-state index in [0.717, 1.165) is 28.5 Å². The lowest BCUT2D eigenvalue weighted by Gasteiger charge is -2.15. The van der Waals surface area contributed by atoms with E-state index in [-0.39, 0.29) is 11.9 Å². The Balaban J connectivity index is 1.95. The van der Waals surface area contributed by atoms with Crippen LogP contribution in [0.25, 0.3) is 0 Å². The van der Waals surface area contributed by atoms with Crippen molar-refractivity contribution < 1.29 is 4.79 Å². The second kappa shape index (κ2) is 7.45. The molecule has 1 N–H and O–H groups in total. The molecule has 0 radical (unpaired) electrons. The molecule has 6 heteroatoms. The fraction of sp³-hybridized carbons (Fsp3) is 0.438. The Morgan fingerprint density at radius 1 is 1.41 bits per heavy atom. The SMILES string of the molecule is CCn1nc(C)c(C(C)NC(=O)CSc2ccccn2)c1C. The smallest absolute Gasteiger partial charge is 0.230 e. The summed E-state index contributed by atoms with van der Waals surface area (Å²) in [6, 6.07) is 5.64. The first-order chi connectivity index (χ1) is 10.5. The highest BCUT2D eigenvalue weighted by Crippen LogP contribution is 2.22. The number of hydrogen-bond acceptors (Lipinski definition) is 4. The molecule has 0 aliphatic heterocycles. The number of carbonyl (C=O) groups is 1. The Hall–Kier alpha value is -1.82. The van der Waals surface area contributed by atoms with E-state index < -0.39 is 0 Å².